The number of nitrogens with zero attached hydrogens (tertiary/aromatic N) is 1. The predicted octanol–water partition coefficient (Wildman–Crippen LogP) is 4.40. The Kier molecular flexibility index (Phi) is 8.15. The molecule has 20 heavy (non-hydrogen) atoms. The Morgan fingerprint density at radius 3 is 2.75 bits per heavy atom. The molecule has 3 nitrogen and oxygen atoms in total. The number of nitrogens with one attached hydrogen (secondary N) is 1. The molecule has 4 heteroatoms. The third-order valence-electron chi connectivity index (χ3n) is 3.05. The summed E-state index contributed by atoms with van der Waals surface area (Å²) in [6.45, 7) is 11.4. The lowest BCUT2D eigenvalue weighted by molar-refractivity contribution is 0.240. The molecule has 0 aromatic carbocycles. The quantitative estimate of drug-likeness (QED) is 0.721. The van der Waals surface area contributed by atoms with Crippen LogP contribution in [-0.4, -0.2) is 18.1 Å². The molecule has 1 aromatic heterocycles. The molecule has 1 rings (SSSR count). The van der Waals surface area contributed by atoms with Crippen LogP contribution in [0, 0.1) is 11.8 Å². The Bertz CT molecular complexity index is 396. The summed E-state index contributed by atoms with van der Waals surface area (Å²) in [5.41, 5.74) is 1.11. The van der Waals surface area contributed by atoms with Crippen LogP contribution in [0.3, 0.4) is 0 Å². The van der Waals surface area contributed by atoms with Gasteiger partial charge in [-0.25, -0.2) is 4.98 Å². The highest BCUT2D eigenvalue weighted by atomic mass is 79.9. The molecule has 0 bridgehead atoms. The van der Waals surface area contributed by atoms with Gasteiger partial charge < -0.3 is 10.1 Å². The highest BCUT2D eigenvalue weighted by molar-refractivity contribution is 9.10. The fraction of sp³-hybridized carbons (Fsp3) is 0.688. The predicted molar refractivity (Wildman–Crippen MR) is 88.0 cm³/mol. The summed E-state index contributed by atoms with van der Waals surface area (Å²) in [7, 11) is 0. The maximum Gasteiger partial charge on any atom is 0.217 e. The van der Waals surface area contributed by atoms with Crippen LogP contribution < -0.4 is 10.1 Å². The number of halogens is 1. The van der Waals surface area contributed by atoms with Crippen molar-refractivity contribution in [3.8, 4) is 5.88 Å². The number of hydrogen-bond donors (Lipinski definition) is 1. The van der Waals surface area contributed by atoms with Crippen molar-refractivity contribution in [3.05, 3.63) is 22.3 Å². The third-order valence-corrected chi connectivity index (χ3v) is 3.48. The summed E-state index contributed by atoms with van der Waals surface area (Å²) >= 11 is 3.48. The summed E-state index contributed by atoms with van der Waals surface area (Å²) in [6, 6.07) is 2.08. The molecule has 0 fully saturated rings. The van der Waals surface area contributed by atoms with Crippen molar-refractivity contribution in [1.82, 2.24) is 10.3 Å². The zero-order valence-electron chi connectivity index (χ0n) is 13.1. The lowest BCUT2D eigenvalue weighted by Gasteiger charge is -2.15. The fourth-order valence-electron chi connectivity index (χ4n) is 2.02. The van der Waals surface area contributed by atoms with Gasteiger partial charge >= 0.3 is 0 Å². The minimum absolute atomic E-state index is 0.571. The number of rotatable bonds is 9. The molecular weight excluding hydrogens is 316 g/mol. The first-order valence-electron chi connectivity index (χ1n) is 7.50. The number of aromatic nitrogens is 1. The van der Waals surface area contributed by atoms with Gasteiger partial charge in [0.1, 0.15) is 0 Å². The standard InChI is InChI=1S/C16H27BrN2O/c1-5-6-13(4)11-20-16-14(7-15(17)10-19-16)9-18-8-12(2)3/h7,10,12-13,18H,5-6,8-9,11H2,1-4H3. The molecule has 1 atom stereocenters. The zero-order chi connectivity index (χ0) is 15.0. The maximum absolute atomic E-state index is 5.89. The van der Waals surface area contributed by atoms with Gasteiger partial charge in [-0.1, -0.05) is 34.1 Å². The largest absolute Gasteiger partial charge is 0.477 e. The molecule has 1 N–H and O–H groups in total. The zero-order valence-corrected chi connectivity index (χ0v) is 14.7. The average Bonchev–Trinajstić information content (AvgIpc) is 2.37. The highest BCUT2D eigenvalue weighted by Gasteiger charge is 2.09. The Labute approximate surface area is 131 Å². The highest BCUT2D eigenvalue weighted by Crippen LogP contribution is 2.21. The van der Waals surface area contributed by atoms with Gasteiger partial charge in [0.2, 0.25) is 5.88 Å². The average molecular weight is 343 g/mol. The molecule has 0 spiro atoms. The van der Waals surface area contributed by atoms with E-state index >= 15 is 0 Å². The Morgan fingerprint density at radius 2 is 2.10 bits per heavy atom. The molecule has 0 radical (unpaired) electrons. The first-order valence-corrected chi connectivity index (χ1v) is 8.30. The van der Waals surface area contributed by atoms with Crippen molar-refractivity contribution in [2.24, 2.45) is 11.8 Å². The molecule has 0 saturated carbocycles. The van der Waals surface area contributed by atoms with Crippen LogP contribution in [-0.2, 0) is 6.54 Å². The summed E-state index contributed by atoms with van der Waals surface area (Å²) in [6.07, 6.45) is 4.18. The van der Waals surface area contributed by atoms with E-state index in [1.807, 2.05) is 0 Å². The van der Waals surface area contributed by atoms with E-state index in [9.17, 15) is 0 Å². The van der Waals surface area contributed by atoms with E-state index in [0.29, 0.717) is 11.8 Å². The van der Waals surface area contributed by atoms with E-state index in [2.05, 4.69) is 60.0 Å². The minimum Gasteiger partial charge on any atom is -0.477 e. The second-order valence-corrected chi connectivity index (χ2v) is 6.76. The maximum atomic E-state index is 5.89. The molecular formula is C16H27BrN2O. The summed E-state index contributed by atoms with van der Waals surface area (Å²) in [4.78, 5) is 4.40. The lowest BCUT2D eigenvalue weighted by atomic mass is 10.1. The van der Waals surface area contributed by atoms with Gasteiger partial charge in [-0.15, -0.1) is 0 Å². The molecule has 1 unspecified atom stereocenters. The number of ether oxygens (including phenoxy) is 1. The van der Waals surface area contributed by atoms with Gasteiger partial charge in [-0.2, -0.15) is 0 Å². The van der Waals surface area contributed by atoms with Crippen LogP contribution in [0.5, 0.6) is 5.88 Å². The van der Waals surface area contributed by atoms with E-state index in [1.165, 1.54) is 12.8 Å². The molecule has 0 aliphatic rings. The normalized spacial score (nSPS) is 12.7. The van der Waals surface area contributed by atoms with E-state index in [4.69, 9.17) is 4.74 Å². The monoisotopic (exact) mass is 342 g/mol. The van der Waals surface area contributed by atoms with Crippen molar-refractivity contribution in [3.63, 3.8) is 0 Å². The number of pyridine rings is 1. The van der Waals surface area contributed by atoms with Crippen molar-refractivity contribution >= 4 is 15.9 Å². The van der Waals surface area contributed by atoms with Gasteiger partial charge in [-0.05, 0) is 46.8 Å². The second kappa shape index (κ2) is 9.35. The Morgan fingerprint density at radius 1 is 1.35 bits per heavy atom. The van der Waals surface area contributed by atoms with E-state index in [1.54, 1.807) is 6.20 Å². The molecule has 1 aromatic rings. The van der Waals surface area contributed by atoms with Gasteiger partial charge in [0.25, 0.3) is 0 Å². The first-order chi connectivity index (χ1) is 9.52. The summed E-state index contributed by atoms with van der Waals surface area (Å²) < 4.78 is 6.89. The summed E-state index contributed by atoms with van der Waals surface area (Å²) in [5, 5.41) is 3.44. The first kappa shape index (κ1) is 17.4. The minimum atomic E-state index is 0.571. The molecule has 114 valence electrons. The Hall–Kier alpha value is -0.610. The van der Waals surface area contributed by atoms with Gasteiger partial charge in [0.15, 0.2) is 0 Å². The van der Waals surface area contributed by atoms with Gasteiger partial charge in [-0.3, -0.25) is 0 Å². The SMILES string of the molecule is CCCC(C)COc1ncc(Br)cc1CNCC(C)C. The van der Waals surface area contributed by atoms with Crippen LogP contribution in [0.2, 0.25) is 0 Å². The molecule has 0 aliphatic heterocycles. The summed E-state index contributed by atoms with van der Waals surface area (Å²) in [5.74, 6) is 1.97. The van der Waals surface area contributed by atoms with Crippen LogP contribution in [0.1, 0.15) is 46.1 Å². The van der Waals surface area contributed by atoms with Crippen LogP contribution in [0.15, 0.2) is 16.7 Å². The van der Waals surface area contributed by atoms with Gasteiger partial charge in [0.05, 0.1) is 6.61 Å². The van der Waals surface area contributed by atoms with E-state index in [-0.39, 0.29) is 0 Å². The van der Waals surface area contributed by atoms with Gasteiger partial charge in [0, 0.05) is 22.8 Å². The van der Waals surface area contributed by atoms with Crippen molar-refractivity contribution in [1.29, 1.82) is 0 Å². The van der Waals surface area contributed by atoms with Crippen molar-refractivity contribution in [2.75, 3.05) is 13.2 Å². The van der Waals surface area contributed by atoms with Crippen LogP contribution >= 0.6 is 15.9 Å². The van der Waals surface area contributed by atoms with Crippen LogP contribution in [0.25, 0.3) is 0 Å². The van der Waals surface area contributed by atoms with Crippen molar-refractivity contribution in [2.45, 2.75) is 47.1 Å². The second-order valence-electron chi connectivity index (χ2n) is 5.85. The molecule has 0 saturated heterocycles. The van der Waals surface area contributed by atoms with Crippen LogP contribution in [0.4, 0.5) is 0 Å². The third kappa shape index (κ3) is 6.71. The smallest absolute Gasteiger partial charge is 0.217 e. The topological polar surface area (TPSA) is 34.1 Å². The number of hydrogen-bond acceptors (Lipinski definition) is 3. The molecule has 1 heterocycles. The molecule has 0 amide bonds. The molecule has 0 aliphatic carbocycles. The lowest BCUT2D eigenvalue weighted by Crippen LogP contribution is -2.20. The van der Waals surface area contributed by atoms with E-state index < -0.39 is 0 Å². The van der Waals surface area contributed by atoms with Crippen molar-refractivity contribution < 1.29 is 4.74 Å². The van der Waals surface area contributed by atoms with E-state index in [0.717, 1.165) is 35.6 Å². The fourth-order valence-corrected chi connectivity index (χ4v) is 2.40. The Balaban J connectivity index is 2.59.